The Morgan fingerprint density at radius 1 is 1.33 bits per heavy atom. The lowest BCUT2D eigenvalue weighted by atomic mass is 10.2. The van der Waals surface area contributed by atoms with E-state index in [0.717, 1.165) is 11.7 Å². The minimum Gasteiger partial charge on any atom is -0.493 e. The highest BCUT2D eigenvalue weighted by molar-refractivity contribution is 5.98. The van der Waals surface area contributed by atoms with Crippen LogP contribution in [0.3, 0.4) is 0 Å². The minimum atomic E-state index is 0.436. The normalized spacial score (nSPS) is 10.3. The summed E-state index contributed by atoms with van der Waals surface area (Å²) in [7, 11) is 3.09. The van der Waals surface area contributed by atoms with Crippen LogP contribution in [0, 0.1) is 0 Å². The standard InChI is InChI=1S/C10H10N2O3/c1-14-8-4-3-6-7(5-13)11-12-9(6)10(8)15-2/h3-5H,1-2H3,(H,11,12). The number of aldehydes is 1. The third kappa shape index (κ3) is 1.32. The Hall–Kier alpha value is -2.04. The van der Waals surface area contributed by atoms with Crippen LogP contribution in [0.25, 0.3) is 10.9 Å². The number of nitrogens with one attached hydrogen (secondary N) is 1. The molecule has 5 heteroatoms. The molecule has 2 rings (SSSR count). The highest BCUT2D eigenvalue weighted by Gasteiger charge is 2.13. The first-order valence-electron chi connectivity index (χ1n) is 4.36. The number of nitrogens with zero attached hydrogens (tertiary/aromatic N) is 1. The molecule has 1 heterocycles. The number of H-pyrrole nitrogens is 1. The van der Waals surface area contributed by atoms with Crippen LogP contribution in [0.2, 0.25) is 0 Å². The zero-order valence-corrected chi connectivity index (χ0v) is 8.40. The Bertz CT molecular complexity index is 505. The van der Waals surface area contributed by atoms with Gasteiger partial charge in [0.05, 0.1) is 14.2 Å². The molecule has 0 amide bonds. The largest absolute Gasteiger partial charge is 0.493 e. The van der Waals surface area contributed by atoms with Gasteiger partial charge in [-0.3, -0.25) is 9.89 Å². The molecule has 0 aliphatic carbocycles. The van der Waals surface area contributed by atoms with E-state index in [1.807, 2.05) is 0 Å². The molecule has 2 aromatic rings. The highest BCUT2D eigenvalue weighted by atomic mass is 16.5. The van der Waals surface area contributed by atoms with Gasteiger partial charge in [-0.15, -0.1) is 0 Å². The predicted octanol–water partition coefficient (Wildman–Crippen LogP) is 1.39. The van der Waals surface area contributed by atoms with Crippen LogP contribution in [-0.4, -0.2) is 30.7 Å². The summed E-state index contributed by atoms with van der Waals surface area (Å²) in [5, 5.41) is 7.37. The van der Waals surface area contributed by atoms with E-state index in [1.165, 1.54) is 7.11 Å². The smallest absolute Gasteiger partial charge is 0.189 e. The average molecular weight is 206 g/mol. The Morgan fingerprint density at radius 2 is 2.13 bits per heavy atom. The van der Waals surface area contributed by atoms with Crippen LogP contribution >= 0.6 is 0 Å². The molecule has 0 aliphatic rings. The van der Waals surface area contributed by atoms with E-state index in [1.54, 1.807) is 19.2 Å². The van der Waals surface area contributed by atoms with Crippen molar-refractivity contribution in [3.8, 4) is 11.5 Å². The Morgan fingerprint density at radius 3 is 2.73 bits per heavy atom. The maximum absolute atomic E-state index is 10.7. The van der Waals surface area contributed by atoms with Crippen molar-refractivity contribution < 1.29 is 14.3 Å². The van der Waals surface area contributed by atoms with E-state index in [4.69, 9.17) is 9.47 Å². The lowest BCUT2D eigenvalue weighted by Gasteiger charge is -2.06. The number of hydrogen-bond donors (Lipinski definition) is 1. The number of carbonyl (C=O) groups is 1. The predicted molar refractivity (Wildman–Crippen MR) is 54.6 cm³/mol. The maximum Gasteiger partial charge on any atom is 0.189 e. The minimum absolute atomic E-state index is 0.436. The van der Waals surface area contributed by atoms with Crippen molar-refractivity contribution in [2.24, 2.45) is 0 Å². The van der Waals surface area contributed by atoms with Gasteiger partial charge < -0.3 is 9.47 Å². The van der Waals surface area contributed by atoms with E-state index in [9.17, 15) is 4.79 Å². The quantitative estimate of drug-likeness (QED) is 0.771. The fourth-order valence-corrected chi connectivity index (χ4v) is 1.51. The second kappa shape index (κ2) is 3.61. The van der Waals surface area contributed by atoms with Crippen molar-refractivity contribution >= 4 is 17.2 Å². The van der Waals surface area contributed by atoms with E-state index >= 15 is 0 Å². The third-order valence-electron chi connectivity index (χ3n) is 2.22. The molecule has 0 bridgehead atoms. The fourth-order valence-electron chi connectivity index (χ4n) is 1.51. The fraction of sp³-hybridized carbons (Fsp3) is 0.200. The topological polar surface area (TPSA) is 64.2 Å². The molecule has 1 aromatic carbocycles. The SMILES string of the molecule is COc1ccc2c(C=O)[nH]nc2c1OC. The number of aromatic nitrogens is 2. The zero-order chi connectivity index (χ0) is 10.8. The number of fused-ring (bicyclic) bond motifs is 1. The Kier molecular flexibility index (Phi) is 2.29. The number of benzene rings is 1. The molecular formula is C10H10N2O3. The molecule has 0 fully saturated rings. The van der Waals surface area contributed by atoms with Crippen LogP contribution in [0.4, 0.5) is 0 Å². The van der Waals surface area contributed by atoms with Gasteiger partial charge in [-0.25, -0.2) is 0 Å². The maximum atomic E-state index is 10.7. The highest BCUT2D eigenvalue weighted by Crippen LogP contribution is 2.34. The number of aromatic amines is 1. The molecule has 0 atom stereocenters. The summed E-state index contributed by atoms with van der Waals surface area (Å²) < 4.78 is 10.3. The number of hydrogen-bond acceptors (Lipinski definition) is 4. The van der Waals surface area contributed by atoms with Crippen LogP contribution in [0.5, 0.6) is 11.5 Å². The summed E-state index contributed by atoms with van der Waals surface area (Å²) in [5.74, 6) is 1.12. The van der Waals surface area contributed by atoms with Crippen molar-refractivity contribution in [2.45, 2.75) is 0 Å². The van der Waals surface area contributed by atoms with Gasteiger partial charge in [0.25, 0.3) is 0 Å². The molecular weight excluding hydrogens is 196 g/mol. The van der Waals surface area contributed by atoms with Gasteiger partial charge in [0.2, 0.25) is 0 Å². The summed E-state index contributed by atoms with van der Waals surface area (Å²) in [4.78, 5) is 10.7. The average Bonchev–Trinajstić information content (AvgIpc) is 2.70. The Labute approximate surface area is 86.0 Å². The Balaban J connectivity index is 2.77. The first-order valence-corrected chi connectivity index (χ1v) is 4.36. The lowest BCUT2D eigenvalue weighted by Crippen LogP contribution is -1.91. The van der Waals surface area contributed by atoms with Crippen LogP contribution < -0.4 is 9.47 Å². The summed E-state index contributed by atoms with van der Waals surface area (Å²) in [6, 6.07) is 3.51. The summed E-state index contributed by atoms with van der Waals surface area (Å²) in [5.41, 5.74) is 1.03. The van der Waals surface area contributed by atoms with Crippen LogP contribution in [0.1, 0.15) is 10.5 Å². The number of carbonyl (C=O) groups excluding carboxylic acids is 1. The van der Waals surface area contributed by atoms with Crippen molar-refractivity contribution in [3.63, 3.8) is 0 Å². The lowest BCUT2D eigenvalue weighted by molar-refractivity contribution is 0.112. The molecule has 0 unspecified atom stereocenters. The molecule has 0 saturated carbocycles. The molecule has 0 saturated heterocycles. The van der Waals surface area contributed by atoms with E-state index in [2.05, 4.69) is 10.2 Å². The van der Waals surface area contributed by atoms with Gasteiger partial charge in [-0.2, -0.15) is 5.10 Å². The molecule has 1 N–H and O–H groups in total. The van der Waals surface area contributed by atoms with E-state index in [0.29, 0.717) is 22.7 Å². The summed E-state index contributed by atoms with van der Waals surface area (Å²) in [6.07, 6.45) is 0.723. The van der Waals surface area contributed by atoms with Crippen molar-refractivity contribution in [1.82, 2.24) is 10.2 Å². The van der Waals surface area contributed by atoms with Gasteiger partial charge in [-0.05, 0) is 12.1 Å². The molecule has 5 nitrogen and oxygen atoms in total. The molecule has 1 aromatic heterocycles. The number of ether oxygens (including phenoxy) is 2. The summed E-state index contributed by atoms with van der Waals surface area (Å²) in [6.45, 7) is 0. The van der Waals surface area contributed by atoms with Crippen LogP contribution in [-0.2, 0) is 0 Å². The molecule has 0 radical (unpaired) electrons. The van der Waals surface area contributed by atoms with Crippen molar-refractivity contribution in [3.05, 3.63) is 17.8 Å². The first-order chi connectivity index (χ1) is 7.31. The molecule has 0 aliphatic heterocycles. The van der Waals surface area contributed by atoms with Crippen molar-refractivity contribution in [1.29, 1.82) is 0 Å². The molecule has 78 valence electrons. The monoisotopic (exact) mass is 206 g/mol. The second-order valence-corrected chi connectivity index (χ2v) is 2.95. The van der Waals surface area contributed by atoms with Gasteiger partial charge >= 0.3 is 0 Å². The van der Waals surface area contributed by atoms with Crippen molar-refractivity contribution in [2.75, 3.05) is 14.2 Å². The molecule has 15 heavy (non-hydrogen) atoms. The number of methoxy groups -OCH3 is 2. The van der Waals surface area contributed by atoms with Gasteiger partial charge in [0, 0.05) is 5.39 Å². The van der Waals surface area contributed by atoms with Gasteiger partial charge in [-0.1, -0.05) is 0 Å². The third-order valence-corrected chi connectivity index (χ3v) is 2.22. The summed E-state index contributed by atoms with van der Waals surface area (Å²) >= 11 is 0. The zero-order valence-electron chi connectivity index (χ0n) is 8.40. The number of rotatable bonds is 3. The first kappa shape index (κ1) is 9.51. The molecule has 0 spiro atoms. The van der Waals surface area contributed by atoms with E-state index < -0.39 is 0 Å². The van der Waals surface area contributed by atoms with Gasteiger partial charge in [0.15, 0.2) is 17.8 Å². The van der Waals surface area contributed by atoms with Gasteiger partial charge in [0.1, 0.15) is 11.2 Å². The van der Waals surface area contributed by atoms with Crippen LogP contribution in [0.15, 0.2) is 12.1 Å². The van der Waals surface area contributed by atoms with E-state index in [-0.39, 0.29) is 0 Å². The second-order valence-electron chi connectivity index (χ2n) is 2.95.